The van der Waals surface area contributed by atoms with Crippen LogP contribution in [0.15, 0.2) is 37.5 Å². The van der Waals surface area contributed by atoms with E-state index in [1.54, 1.807) is 0 Å². The normalized spacial score (nSPS) is 14.4. The fourth-order valence-electron chi connectivity index (χ4n) is 0.440. The van der Waals surface area contributed by atoms with Crippen LogP contribution in [-0.2, 0) is 9.59 Å². The van der Waals surface area contributed by atoms with Gasteiger partial charge in [0.2, 0.25) is 0 Å². The summed E-state index contributed by atoms with van der Waals surface area (Å²) in [5.41, 5.74) is 0. The topological polar surface area (TPSA) is 34.1 Å². The standard InChI is InChI=1S/C6H4O2.C2H4/c7-5-1-2-6(8)4-3-5;1-2/h1-4H;1-2H2. The fourth-order valence-corrected chi connectivity index (χ4v) is 0.440. The molecule has 2 nitrogen and oxygen atoms in total. The van der Waals surface area contributed by atoms with E-state index in [4.69, 9.17) is 0 Å². The first-order valence-corrected chi connectivity index (χ1v) is 2.73. The van der Waals surface area contributed by atoms with Crippen molar-refractivity contribution in [1.29, 1.82) is 0 Å². The first-order chi connectivity index (χ1) is 4.79. The van der Waals surface area contributed by atoms with Gasteiger partial charge in [-0.15, -0.1) is 13.2 Å². The second kappa shape index (κ2) is 4.44. The Bertz CT molecular complexity index is 161. The molecule has 1 aliphatic carbocycles. The zero-order valence-corrected chi connectivity index (χ0v) is 5.54. The van der Waals surface area contributed by atoms with E-state index in [2.05, 4.69) is 13.2 Å². The largest absolute Gasteiger partial charge is 0.290 e. The summed E-state index contributed by atoms with van der Waals surface area (Å²) in [5.74, 6) is -0.241. The number of allylic oxidation sites excluding steroid dienone is 4. The summed E-state index contributed by atoms with van der Waals surface area (Å²) < 4.78 is 0. The van der Waals surface area contributed by atoms with Crippen molar-refractivity contribution in [3.63, 3.8) is 0 Å². The summed E-state index contributed by atoms with van der Waals surface area (Å²) >= 11 is 0. The maximum atomic E-state index is 10.3. The molecule has 0 aromatic carbocycles. The highest BCUT2D eigenvalue weighted by Crippen LogP contribution is 1.90. The predicted molar refractivity (Wildman–Crippen MR) is 39.5 cm³/mol. The average Bonchev–Trinajstić information content (AvgIpc) is 2.00. The second-order valence-electron chi connectivity index (χ2n) is 1.47. The quantitative estimate of drug-likeness (QED) is 0.368. The van der Waals surface area contributed by atoms with Gasteiger partial charge >= 0.3 is 0 Å². The minimum atomic E-state index is -0.121. The van der Waals surface area contributed by atoms with Gasteiger partial charge in [-0.2, -0.15) is 0 Å². The molecule has 1 aliphatic rings. The third kappa shape index (κ3) is 2.77. The Labute approximate surface area is 59.5 Å². The molecule has 0 atom stereocenters. The molecule has 0 heterocycles. The van der Waals surface area contributed by atoms with E-state index in [1.807, 2.05) is 0 Å². The Morgan fingerprint density at radius 2 is 1.00 bits per heavy atom. The summed E-state index contributed by atoms with van der Waals surface area (Å²) in [4.78, 5) is 20.6. The van der Waals surface area contributed by atoms with Gasteiger partial charge in [0.05, 0.1) is 0 Å². The van der Waals surface area contributed by atoms with Crippen LogP contribution in [0.2, 0.25) is 0 Å². The van der Waals surface area contributed by atoms with Gasteiger partial charge in [-0.1, -0.05) is 0 Å². The molecule has 0 bridgehead atoms. The van der Waals surface area contributed by atoms with Crippen molar-refractivity contribution in [1.82, 2.24) is 0 Å². The Kier molecular flexibility index (Phi) is 3.80. The summed E-state index contributed by atoms with van der Waals surface area (Å²) in [7, 11) is 0. The third-order valence-electron chi connectivity index (χ3n) is 0.824. The molecule has 0 aromatic rings. The molecular formula is C8H8O2. The van der Waals surface area contributed by atoms with Crippen LogP contribution in [0.4, 0.5) is 0 Å². The third-order valence-corrected chi connectivity index (χ3v) is 0.824. The van der Waals surface area contributed by atoms with Crippen LogP contribution < -0.4 is 0 Å². The zero-order valence-electron chi connectivity index (χ0n) is 5.54. The van der Waals surface area contributed by atoms with Gasteiger partial charge in [0, 0.05) is 0 Å². The van der Waals surface area contributed by atoms with Crippen molar-refractivity contribution in [2.45, 2.75) is 0 Å². The molecule has 1 rings (SSSR count). The molecule has 0 spiro atoms. The number of hydrogen-bond donors (Lipinski definition) is 0. The van der Waals surface area contributed by atoms with E-state index in [9.17, 15) is 9.59 Å². The highest BCUT2D eigenvalue weighted by atomic mass is 16.1. The minimum Gasteiger partial charge on any atom is -0.290 e. The van der Waals surface area contributed by atoms with Gasteiger partial charge < -0.3 is 0 Å². The molecule has 52 valence electrons. The lowest BCUT2D eigenvalue weighted by Gasteiger charge is -1.87. The molecule has 10 heavy (non-hydrogen) atoms. The van der Waals surface area contributed by atoms with Crippen molar-refractivity contribution in [3.8, 4) is 0 Å². The smallest absolute Gasteiger partial charge is 0.178 e. The molecule has 0 amide bonds. The van der Waals surface area contributed by atoms with E-state index < -0.39 is 0 Å². The lowest BCUT2D eigenvalue weighted by molar-refractivity contribution is -0.113. The molecule has 0 fully saturated rings. The van der Waals surface area contributed by atoms with Crippen molar-refractivity contribution in [3.05, 3.63) is 37.5 Å². The number of hydrogen-bond acceptors (Lipinski definition) is 2. The van der Waals surface area contributed by atoms with Gasteiger partial charge in [0.25, 0.3) is 0 Å². The summed E-state index contributed by atoms with van der Waals surface area (Å²) in [6.07, 6.45) is 5.01. The van der Waals surface area contributed by atoms with Gasteiger partial charge in [0.15, 0.2) is 11.6 Å². The van der Waals surface area contributed by atoms with Gasteiger partial charge in [-0.3, -0.25) is 9.59 Å². The second-order valence-corrected chi connectivity index (χ2v) is 1.47. The van der Waals surface area contributed by atoms with Gasteiger partial charge in [-0.05, 0) is 24.3 Å². The van der Waals surface area contributed by atoms with Crippen molar-refractivity contribution in [2.24, 2.45) is 0 Å². The number of ketones is 2. The minimum absolute atomic E-state index is 0.121. The monoisotopic (exact) mass is 136 g/mol. The fraction of sp³-hybridized carbons (Fsp3) is 0. The number of carbonyl (C=O) groups is 2. The molecule has 0 N–H and O–H groups in total. The zero-order chi connectivity index (χ0) is 7.98. The van der Waals surface area contributed by atoms with Crippen LogP contribution >= 0.6 is 0 Å². The van der Waals surface area contributed by atoms with Crippen LogP contribution in [0, 0.1) is 0 Å². The van der Waals surface area contributed by atoms with Crippen LogP contribution in [0.5, 0.6) is 0 Å². The highest BCUT2D eigenvalue weighted by molar-refractivity contribution is 6.14. The molecule has 0 aliphatic heterocycles. The van der Waals surface area contributed by atoms with Crippen LogP contribution in [0.25, 0.3) is 0 Å². The van der Waals surface area contributed by atoms with Gasteiger partial charge in [-0.25, -0.2) is 0 Å². The summed E-state index contributed by atoms with van der Waals surface area (Å²) in [6.45, 7) is 6.00. The van der Waals surface area contributed by atoms with Crippen molar-refractivity contribution >= 4 is 11.6 Å². The van der Waals surface area contributed by atoms with Crippen molar-refractivity contribution < 1.29 is 9.59 Å². The van der Waals surface area contributed by atoms with E-state index in [0.29, 0.717) is 0 Å². The molecule has 2 heteroatoms. The lowest BCUT2D eigenvalue weighted by Crippen LogP contribution is -1.97. The van der Waals surface area contributed by atoms with E-state index in [0.717, 1.165) is 0 Å². The Hall–Kier alpha value is -1.44. The maximum absolute atomic E-state index is 10.3. The molecule has 0 saturated heterocycles. The first-order valence-electron chi connectivity index (χ1n) is 2.73. The molecular weight excluding hydrogens is 128 g/mol. The molecule has 0 saturated carbocycles. The highest BCUT2D eigenvalue weighted by Gasteiger charge is 1.97. The Morgan fingerprint density at radius 1 is 0.800 bits per heavy atom. The number of carbonyl (C=O) groups excluding carboxylic acids is 2. The lowest BCUT2D eigenvalue weighted by atomic mass is 10.2. The van der Waals surface area contributed by atoms with Gasteiger partial charge in [0.1, 0.15) is 0 Å². The predicted octanol–water partition coefficient (Wildman–Crippen LogP) is 1.05. The van der Waals surface area contributed by atoms with Crippen molar-refractivity contribution in [2.75, 3.05) is 0 Å². The average molecular weight is 136 g/mol. The Balaban J connectivity index is 0.000000371. The van der Waals surface area contributed by atoms with E-state index >= 15 is 0 Å². The summed E-state index contributed by atoms with van der Waals surface area (Å²) in [6, 6.07) is 0. The molecule has 0 aromatic heterocycles. The van der Waals surface area contributed by atoms with Crippen LogP contribution in [0.3, 0.4) is 0 Å². The number of rotatable bonds is 0. The maximum Gasteiger partial charge on any atom is 0.178 e. The molecule has 0 unspecified atom stereocenters. The Morgan fingerprint density at radius 3 is 1.20 bits per heavy atom. The molecule has 0 radical (unpaired) electrons. The van der Waals surface area contributed by atoms with Crippen LogP contribution in [-0.4, -0.2) is 11.6 Å². The van der Waals surface area contributed by atoms with E-state index in [-0.39, 0.29) is 11.6 Å². The first kappa shape index (κ1) is 8.56. The summed E-state index contributed by atoms with van der Waals surface area (Å²) in [5, 5.41) is 0. The van der Waals surface area contributed by atoms with E-state index in [1.165, 1.54) is 24.3 Å². The van der Waals surface area contributed by atoms with Crippen LogP contribution in [0.1, 0.15) is 0 Å². The SMILES string of the molecule is C=C.O=C1C=CC(=O)C=C1.